The van der Waals surface area contributed by atoms with E-state index < -0.39 is 53.3 Å². The van der Waals surface area contributed by atoms with E-state index in [9.17, 15) is 24.3 Å². The molecule has 1 aliphatic rings. The molecule has 1 aliphatic carbocycles. The summed E-state index contributed by atoms with van der Waals surface area (Å²) in [5.41, 5.74) is -0.808. The Kier molecular flexibility index (Phi) is 6.16. The summed E-state index contributed by atoms with van der Waals surface area (Å²) >= 11 is 0. The molecule has 4 atom stereocenters. The molecule has 0 bridgehead atoms. The number of rotatable bonds is 6. The molecule has 0 aromatic rings. The van der Waals surface area contributed by atoms with Crippen molar-refractivity contribution < 1.29 is 33.8 Å². The van der Waals surface area contributed by atoms with Gasteiger partial charge in [-0.1, -0.05) is 0 Å². The van der Waals surface area contributed by atoms with Crippen molar-refractivity contribution in [2.75, 3.05) is 13.7 Å². The van der Waals surface area contributed by atoms with Gasteiger partial charge in [-0.25, -0.2) is 9.59 Å². The van der Waals surface area contributed by atoms with Gasteiger partial charge in [-0.3, -0.25) is 9.59 Å². The fourth-order valence-corrected chi connectivity index (χ4v) is 2.55. The second-order valence-corrected chi connectivity index (χ2v) is 6.46. The van der Waals surface area contributed by atoms with Gasteiger partial charge in [-0.15, -0.1) is 0 Å². The van der Waals surface area contributed by atoms with Gasteiger partial charge >= 0.3 is 18.0 Å². The Labute approximate surface area is 140 Å². The number of nitrogens with one attached hydrogen (secondary N) is 2. The van der Waals surface area contributed by atoms with E-state index in [2.05, 4.69) is 10.6 Å². The molecule has 1 rings (SSSR count). The zero-order chi connectivity index (χ0) is 18.7. The van der Waals surface area contributed by atoms with E-state index in [-0.39, 0.29) is 6.61 Å². The number of carboxylic acid groups (broad SMARTS) is 1. The predicted octanol–water partition coefficient (Wildman–Crippen LogP) is 0.136. The number of amides is 2. The number of alkyl carbamates (subject to hydrolysis) is 1. The molecule has 2 amide bonds. The van der Waals surface area contributed by atoms with E-state index in [0.717, 1.165) is 0 Å². The number of aliphatic carboxylic acids is 1. The quantitative estimate of drug-likeness (QED) is 0.584. The molecule has 4 unspecified atom stereocenters. The van der Waals surface area contributed by atoms with E-state index in [4.69, 9.17) is 9.47 Å². The van der Waals surface area contributed by atoms with Crippen molar-refractivity contribution >= 4 is 23.9 Å². The molecule has 24 heavy (non-hydrogen) atoms. The highest BCUT2D eigenvalue weighted by molar-refractivity contribution is 5.94. The van der Waals surface area contributed by atoms with Gasteiger partial charge in [0.25, 0.3) is 0 Å². The van der Waals surface area contributed by atoms with Crippen LogP contribution in [0.2, 0.25) is 0 Å². The maximum atomic E-state index is 11.9. The third-order valence-electron chi connectivity index (χ3n) is 3.51. The van der Waals surface area contributed by atoms with E-state index >= 15 is 0 Å². The van der Waals surface area contributed by atoms with Crippen LogP contribution in [0.4, 0.5) is 4.79 Å². The molecule has 1 saturated carbocycles. The third-order valence-corrected chi connectivity index (χ3v) is 3.51. The van der Waals surface area contributed by atoms with Gasteiger partial charge in [0.1, 0.15) is 11.6 Å². The number of carboxylic acids is 1. The minimum Gasteiger partial charge on any atom is -0.480 e. The van der Waals surface area contributed by atoms with Gasteiger partial charge in [-0.05, 0) is 27.7 Å². The number of carbonyl (C=O) groups excluding carboxylic acids is 3. The van der Waals surface area contributed by atoms with Crippen molar-refractivity contribution in [2.24, 2.45) is 17.8 Å². The average Bonchev–Trinajstić information content (AvgIpc) is 3.17. The van der Waals surface area contributed by atoms with E-state index in [0.29, 0.717) is 0 Å². The van der Waals surface area contributed by atoms with Gasteiger partial charge in [-0.2, -0.15) is 0 Å². The van der Waals surface area contributed by atoms with Crippen LogP contribution in [0.15, 0.2) is 0 Å². The highest BCUT2D eigenvalue weighted by Gasteiger charge is 2.64. The Morgan fingerprint density at radius 2 is 1.75 bits per heavy atom. The number of carbonyl (C=O) groups is 4. The van der Waals surface area contributed by atoms with Crippen LogP contribution in [0.3, 0.4) is 0 Å². The maximum absolute atomic E-state index is 11.9. The molecule has 0 heterocycles. The first-order chi connectivity index (χ1) is 11.0. The normalized spacial score (nSPS) is 23.6. The molecule has 0 aliphatic heterocycles. The van der Waals surface area contributed by atoms with Crippen molar-refractivity contribution in [1.82, 2.24) is 10.6 Å². The molecule has 136 valence electrons. The summed E-state index contributed by atoms with van der Waals surface area (Å²) < 4.78 is 9.91. The van der Waals surface area contributed by atoms with E-state index in [1.54, 1.807) is 27.7 Å². The molecule has 0 aromatic heterocycles. The fourth-order valence-electron chi connectivity index (χ4n) is 2.55. The molecular formula is C15H24N2O7. The molecule has 1 fully saturated rings. The van der Waals surface area contributed by atoms with Crippen LogP contribution in [0, 0.1) is 17.8 Å². The number of hydrogen-bond acceptors (Lipinski definition) is 6. The monoisotopic (exact) mass is 344 g/mol. The van der Waals surface area contributed by atoms with Gasteiger partial charge < -0.3 is 25.2 Å². The Hall–Kier alpha value is -2.32. The zero-order valence-corrected chi connectivity index (χ0v) is 14.4. The number of hydrogen-bond donors (Lipinski definition) is 3. The summed E-state index contributed by atoms with van der Waals surface area (Å²) in [5.74, 6) is -5.17. The van der Waals surface area contributed by atoms with Crippen LogP contribution < -0.4 is 10.6 Å². The SMILES string of the molecule is CCOC(=O)C1C(C(=O)NC)C1C(NC(=O)OC(C)(C)C)C(=O)O. The van der Waals surface area contributed by atoms with Gasteiger partial charge in [0.2, 0.25) is 5.91 Å². The minimum atomic E-state index is -1.43. The second kappa shape index (κ2) is 7.50. The Morgan fingerprint density at radius 1 is 1.17 bits per heavy atom. The molecule has 9 nitrogen and oxygen atoms in total. The topological polar surface area (TPSA) is 131 Å². The summed E-state index contributed by atoms with van der Waals surface area (Å²) in [7, 11) is 1.39. The van der Waals surface area contributed by atoms with E-state index in [1.165, 1.54) is 7.05 Å². The summed E-state index contributed by atoms with van der Waals surface area (Å²) in [6.45, 7) is 6.62. The van der Waals surface area contributed by atoms with Gasteiger partial charge in [0.15, 0.2) is 0 Å². The lowest BCUT2D eigenvalue weighted by atomic mass is 10.1. The van der Waals surface area contributed by atoms with Gasteiger partial charge in [0, 0.05) is 13.0 Å². The first-order valence-corrected chi connectivity index (χ1v) is 7.64. The van der Waals surface area contributed by atoms with Crippen LogP contribution >= 0.6 is 0 Å². The largest absolute Gasteiger partial charge is 0.480 e. The summed E-state index contributed by atoms with van der Waals surface area (Å²) in [6.07, 6.45) is -0.930. The predicted molar refractivity (Wildman–Crippen MR) is 82.0 cm³/mol. The van der Waals surface area contributed by atoms with Crippen molar-refractivity contribution in [3.63, 3.8) is 0 Å². The zero-order valence-electron chi connectivity index (χ0n) is 14.4. The van der Waals surface area contributed by atoms with Crippen molar-refractivity contribution in [3.8, 4) is 0 Å². The lowest BCUT2D eigenvalue weighted by Gasteiger charge is -2.22. The Bertz CT molecular complexity index is 526. The Balaban J connectivity index is 2.93. The molecule has 0 spiro atoms. The lowest BCUT2D eigenvalue weighted by Crippen LogP contribution is -2.46. The molecule has 3 N–H and O–H groups in total. The first-order valence-electron chi connectivity index (χ1n) is 7.64. The van der Waals surface area contributed by atoms with Gasteiger partial charge in [0.05, 0.1) is 18.4 Å². The fraction of sp³-hybridized carbons (Fsp3) is 0.733. The third kappa shape index (κ3) is 4.84. The summed E-state index contributed by atoms with van der Waals surface area (Å²) in [6, 6.07) is -1.43. The van der Waals surface area contributed by atoms with Crippen LogP contribution in [0.5, 0.6) is 0 Å². The van der Waals surface area contributed by atoms with Crippen LogP contribution in [0.1, 0.15) is 27.7 Å². The average molecular weight is 344 g/mol. The molecular weight excluding hydrogens is 320 g/mol. The summed E-state index contributed by atoms with van der Waals surface area (Å²) in [4.78, 5) is 47.2. The second-order valence-electron chi connectivity index (χ2n) is 6.46. The van der Waals surface area contributed by atoms with Crippen LogP contribution in [-0.4, -0.2) is 54.3 Å². The highest BCUT2D eigenvalue weighted by Crippen LogP contribution is 2.49. The molecule has 0 saturated heterocycles. The van der Waals surface area contributed by atoms with Crippen LogP contribution in [0.25, 0.3) is 0 Å². The van der Waals surface area contributed by atoms with Crippen molar-refractivity contribution in [2.45, 2.75) is 39.3 Å². The smallest absolute Gasteiger partial charge is 0.408 e. The number of esters is 1. The minimum absolute atomic E-state index is 0.111. The van der Waals surface area contributed by atoms with E-state index in [1.807, 2.05) is 0 Å². The standard InChI is InChI=1S/C15H24N2O7/c1-6-23-13(21)9-7(8(9)11(18)16-5)10(12(19)20)17-14(22)24-15(2,3)4/h7-10H,6H2,1-5H3,(H,16,18)(H,17,22)(H,19,20). The number of ether oxygens (including phenoxy) is 2. The summed E-state index contributed by atoms with van der Waals surface area (Å²) in [5, 5.41) is 14.0. The maximum Gasteiger partial charge on any atom is 0.408 e. The van der Waals surface area contributed by atoms with Crippen molar-refractivity contribution in [1.29, 1.82) is 0 Å². The Morgan fingerprint density at radius 3 is 2.17 bits per heavy atom. The molecule has 0 radical (unpaired) electrons. The van der Waals surface area contributed by atoms with Crippen molar-refractivity contribution in [3.05, 3.63) is 0 Å². The highest BCUT2D eigenvalue weighted by atomic mass is 16.6. The molecule has 0 aromatic carbocycles. The lowest BCUT2D eigenvalue weighted by molar-refractivity contribution is -0.146. The molecule has 9 heteroatoms. The first kappa shape index (κ1) is 19.7. The van der Waals surface area contributed by atoms with Crippen LogP contribution in [-0.2, 0) is 23.9 Å².